The predicted molar refractivity (Wildman–Crippen MR) is 122 cm³/mol. The smallest absolute Gasteiger partial charge is 0.408 e. The maximum Gasteiger partial charge on any atom is 0.408 e. The van der Waals surface area contributed by atoms with Gasteiger partial charge in [0, 0.05) is 6.42 Å². The normalized spacial score (nSPS) is 12.9. The van der Waals surface area contributed by atoms with E-state index >= 15 is 0 Å². The van der Waals surface area contributed by atoms with Crippen LogP contribution in [0.25, 0.3) is 0 Å². The van der Waals surface area contributed by atoms with E-state index < -0.39 is 35.7 Å². The van der Waals surface area contributed by atoms with Crippen molar-refractivity contribution in [2.45, 2.75) is 58.2 Å². The second-order valence-corrected chi connectivity index (χ2v) is 8.37. The molecule has 0 saturated carbocycles. The zero-order chi connectivity index (χ0) is 23.6. The van der Waals surface area contributed by atoms with Crippen LogP contribution < -0.4 is 10.6 Å². The van der Waals surface area contributed by atoms with Gasteiger partial charge in [0.2, 0.25) is 5.91 Å². The molecule has 0 saturated heterocycles. The van der Waals surface area contributed by atoms with Gasteiger partial charge in [-0.1, -0.05) is 60.7 Å². The average molecular weight is 441 g/mol. The van der Waals surface area contributed by atoms with Crippen LogP contribution in [0.15, 0.2) is 60.7 Å². The molecule has 2 N–H and O–H groups in total. The fraction of sp³-hybridized carbons (Fsp3) is 0.400. The summed E-state index contributed by atoms with van der Waals surface area (Å²) in [5.74, 6) is -0.834. The molecule has 0 aromatic heterocycles. The summed E-state index contributed by atoms with van der Waals surface area (Å²) >= 11 is 0. The predicted octanol–water partition coefficient (Wildman–Crippen LogP) is 3.93. The van der Waals surface area contributed by atoms with Crippen molar-refractivity contribution in [3.8, 4) is 0 Å². The van der Waals surface area contributed by atoms with Crippen molar-refractivity contribution in [3.63, 3.8) is 0 Å². The van der Waals surface area contributed by atoms with E-state index in [1.165, 1.54) is 0 Å². The molecular weight excluding hydrogens is 408 g/mol. The number of carbonyl (C=O) groups excluding carboxylic acids is 3. The molecule has 0 fully saturated rings. The Hall–Kier alpha value is -3.35. The summed E-state index contributed by atoms with van der Waals surface area (Å²) in [6, 6.07) is 17.1. The fourth-order valence-corrected chi connectivity index (χ4v) is 3.11. The van der Waals surface area contributed by atoms with Crippen LogP contribution in [0.3, 0.4) is 0 Å². The number of carbonyl (C=O) groups is 3. The quantitative estimate of drug-likeness (QED) is 0.576. The molecule has 172 valence electrons. The molecule has 0 aliphatic rings. The maximum atomic E-state index is 13.2. The number of hydrogen-bond acceptors (Lipinski definition) is 5. The molecule has 32 heavy (non-hydrogen) atoms. The number of ether oxygens (including phenoxy) is 2. The van der Waals surface area contributed by atoms with Crippen molar-refractivity contribution in [2.75, 3.05) is 6.61 Å². The Kier molecular flexibility index (Phi) is 9.25. The van der Waals surface area contributed by atoms with Crippen molar-refractivity contribution < 1.29 is 23.9 Å². The van der Waals surface area contributed by atoms with E-state index in [1.54, 1.807) is 27.7 Å². The Labute approximate surface area is 189 Å². The van der Waals surface area contributed by atoms with Crippen molar-refractivity contribution in [1.82, 2.24) is 10.6 Å². The van der Waals surface area contributed by atoms with Gasteiger partial charge in [-0.15, -0.1) is 0 Å². The molecule has 2 atom stereocenters. The van der Waals surface area contributed by atoms with Crippen LogP contribution in [-0.2, 0) is 25.5 Å². The third-order valence-corrected chi connectivity index (χ3v) is 4.48. The van der Waals surface area contributed by atoms with Gasteiger partial charge in [-0.3, -0.25) is 9.59 Å². The molecule has 0 spiro atoms. The highest BCUT2D eigenvalue weighted by atomic mass is 16.6. The third kappa shape index (κ3) is 8.79. The lowest BCUT2D eigenvalue weighted by Gasteiger charge is -2.25. The van der Waals surface area contributed by atoms with Crippen molar-refractivity contribution in [1.29, 1.82) is 0 Å². The summed E-state index contributed by atoms with van der Waals surface area (Å²) < 4.78 is 10.4. The molecule has 2 aromatic rings. The SMILES string of the molecule is CCOC(=O)CC(NC(=O)[C@H](Cc1ccccc1)NC(=O)OC(C)(C)C)c1ccccc1. The average Bonchev–Trinajstić information content (AvgIpc) is 2.73. The first kappa shape index (κ1) is 24.9. The summed E-state index contributed by atoms with van der Waals surface area (Å²) in [6.07, 6.45) is -0.434. The lowest BCUT2D eigenvalue weighted by Crippen LogP contribution is -2.50. The number of hydrogen-bond donors (Lipinski definition) is 2. The molecule has 0 aliphatic carbocycles. The van der Waals surface area contributed by atoms with E-state index in [2.05, 4.69) is 10.6 Å². The minimum absolute atomic E-state index is 0.0198. The molecule has 2 aromatic carbocycles. The van der Waals surface area contributed by atoms with Gasteiger partial charge in [0.05, 0.1) is 19.1 Å². The number of amides is 2. The molecule has 2 rings (SSSR count). The van der Waals surface area contributed by atoms with E-state index in [-0.39, 0.29) is 19.4 Å². The number of rotatable bonds is 9. The fourth-order valence-electron chi connectivity index (χ4n) is 3.11. The highest BCUT2D eigenvalue weighted by molar-refractivity contribution is 5.86. The van der Waals surface area contributed by atoms with Gasteiger partial charge in [0.15, 0.2) is 0 Å². The Morgan fingerprint density at radius 1 is 0.906 bits per heavy atom. The minimum Gasteiger partial charge on any atom is -0.466 e. The molecule has 0 bridgehead atoms. The highest BCUT2D eigenvalue weighted by Gasteiger charge is 2.28. The summed E-state index contributed by atoms with van der Waals surface area (Å²) in [7, 11) is 0. The van der Waals surface area contributed by atoms with E-state index in [0.717, 1.165) is 11.1 Å². The Morgan fingerprint density at radius 2 is 1.50 bits per heavy atom. The number of benzene rings is 2. The van der Waals surface area contributed by atoms with Crippen molar-refractivity contribution in [2.24, 2.45) is 0 Å². The molecule has 7 nitrogen and oxygen atoms in total. The number of alkyl carbamates (subject to hydrolysis) is 1. The monoisotopic (exact) mass is 440 g/mol. The van der Waals surface area contributed by atoms with Gasteiger partial charge < -0.3 is 20.1 Å². The molecule has 2 amide bonds. The maximum absolute atomic E-state index is 13.2. The van der Waals surface area contributed by atoms with Crippen LogP contribution in [-0.4, -0.2) is 36.2 Å². The van der Waals surface area contributed by atoms with E-state index in [1.807, 2.05) is 60.7 Å². The Bertz CT molecular complexity index is 878. The summed E-state index contributed by atoms with van der Waals surface area (Å²) in [5, 5.41) is 5.57. The van der Waals surface area contributed by atoms with Crippen LogP contribution in [0.1, 0.15) is 51.3 Å². The zero-order valence-corrected chi connectivity index (χ0v) is 19.1. The third-order valence-electron chi connectivity index (χ3n) is 4.48. The molecule has 0 heterocycles. The highest BCUT2D eigenvalue weighted by Crippen LogP contribution is 2.18. The second kappa shape index (κ2) is 11.9. The molecule has 0 radical (unpaired) electrons. The van der Waals surface area contributed by atoms with Gasteiger partial charge in [0.1, 0.15) is 11.6 Å². The van der Waals surface area contributed by atoms with Crippen LogP contribution in [0.5, 0.6) is 0 Å². The van der Waals surface area contributed by atoms with Crippen LogP contribution >= 0.6 is 0 Å². The summed E-state index contributed by atoms with van der Waals surface area (Å²) in [5.41, 5.74) is 0.948. The standard InChI is InChI=1S/C25H32N2O5/c1-5-31-22(28)17-20(19-14-10-7-11-15-19)26-23(29)21(16-18-12-8-6-9-13-18)27-24(30)32-25(2,3)4/h6-15,20-21H,5,16-17H2,1-4H3,(H,26,29)(H,27,30)/t20?,21-/m0/s1. The van der Waals surface area contributed by atoms with Gasteiger partial charge in [-0.2, -0.15) is 0 Å². The largest absolute Gasteiger partial charge is 0.466 e. The van der Waals surface area contributed by atoms with Crippen LogP contribution in [0.4, 0.5) is 4.79 Å². The first-order valence-electron chi connectivity index (χ1n) is 10.7. The topological polar surface area (TPSA) is 93.7 Å². The second-order valence-electron chi connectivity index (χ2n) is 8.37. The lowest BCUT2D eigenvalue weighted by molar-refractivity contribution is -0.143. The van der Waals surface area contributed by atoms with Crippen molar-refractivity contribution >= 4 is 18.0 Å². The van der Waals surface area contributed by atoms with E-state index in [4.69, 9.17) is 9.47 Å². The van der Waals surface area contributed by atoms with E-state index in [9.17, 15) is 14.4 Å². The zero-order valence-electron chi connectivity index (χ0n) is 19.1. The number of esters is 1. The van der Waals surface area contributed by atoms with Gasteiger partial charge in [0.25, 0.3) is 0 Å². The molecule has 7 heteroatoms. The first-order valence-corrected chi connectivity index (χ1v) is 10.7. The van der Waals surface area contributed by atoms with Gasteiger partial charge in [-0.05, 0) is 38.8 Å². The summed E-state index contributed by atoms with van der Waals surface area (Å²) in [6.45, 7) is 7.25. The van der Waals surface area contributed by atoms with Gasteiger partial charge in [-0.25, -0.2) is 4.79 Å². The Balaban J connectivity index is 2.22. The first-order chi connectivity index (χ1) is 15.2. The molecule has 0 aliphatic heterocycles. The van der Waals surface area contributed by atoms with E-state index in [0.29, 0.717) is 0 Å². The molecule has 1 unspecified atom stereocenters. The summed E-state index contributed by atoms with van der Waals surface area (Å²) in [4.78, 5) is 37.8. The van der Waals surface area contributed by atoms with Crippen molar-refractivity contribution in [3.05, 3.63) is 71.8 Å². The van der Waals surface area contributed by atoms with Crippen LogP contribution in [0.2, 0.25) is 0 Å². The number of nitrogens with one attached hydrogen (secondary N) is 2. The Morgan fingerprint density at radius 3 is 2.06 bits per heavy atom. The lowest BCUT2D eigenvalue weighted by atomic mass is 10.0. The van der Waals surface area contributed by atoms with Crippen LogP contribution in [0, 0.1) is 0 Å². The minimum atomic E-state index is -0.888. The van der Waals surface area contributed by atoms with Gasteiger partial charge >= 0.3 is 12.1 Å². The molecular formula is C25H32N2O5.